The van der Waals surface area contributed by atoms with Crippen LogP contribution in [0.15, 0.2) is 24.3 Å². The second-order valence-corrected chi connectivity index (χ2v) is 5.35. The number of hydrogen-bond donors (Lipinski definition) is 1. The predicted molar refractivity (Wildman–Crippen MR) is 86.9 cm³/mol. The topological polar surface area (TPSA) is 69.0 Å². The highest BCUT2D eigenvalue weighted by molar-refractivity contribution is 6.03. The van der Waals surface area contributed by atoms with Crippen LogP contribution in [0.4, 0.5) is 11.6 Å². The zero-order valence-corrected chi connectivity index (χ0v) is 12.8. The number of benzene rings is 1. The fraction of sp³-hybridized carbons (Fsp3) is 0.353. The number of carbonyl (C=O) groups excluding carboxylic acids is 1. The lowest BCUT2D eigenvalue weighted by molar-refractivity contribution is -0.116. The molecule has 22 heavy (non-hydrogen) atoms. The molecule has 1 N–H and O–H groups in total. The molecule has 0 saturated carbocycles. The summed E-state index contributed by atoms with van der Waals surface area (Å²) in [6.07, 6.45) is 0.194. The van der Waals surface area contributed by atoms with Crippen molar-refractivity contribution < 1.29 is 4.79 Å². The molecule has 5 nitrogen and oxygen atoms in total. The molecular weight excluding hydrogens is 276 g/mol. The van der Waals surface area contributed by atoms with E-state index < -0.39 is 5.92 Å². The highest BCUT2D eigenvalue weighted by Crippen LogP contribution is 2.39. The molecule has 5 heteroatoms. The molecule has 1 unspecified atom stereocenters. The third-order valence-corrected chi connectivity index (χ3v) is 4.15. The second kappa shape index (κ2) is 5.64. The lowest BCUT2D eigenvalue weighted by Crippen LogP contribution is -2.27. The zero-order valence-electron chi connectivity index (χ0n) is 12.8. The molecular formula is C17H18N4O. The van der Waals surface area contributed by atoms with Crippen LogP contribution >= 0.6 is 0 Å². The number of anilines is 2. The maximum atomic E-state index is 11.8. The van der Waals surface area contributed by atoms with Crippen molar-refractivity contribution in [2.24, 2.45) is 0 Å². The Labute approximate surface area is 129 Å². The van der Waals surface area contributed by atoms with Gasteiger partial charge in [-0.3, -0.25) is 4.79 Å². The van der Waals surface area contributed by atoms with Gasteiger partial charge in [0.2, 0.25) is 5.91 Å². The van der Waals surface area contributed by atoms with Gasteiger partial charge in [-0.1, -0.05) is 24.3 Å². The minimum atomic E-state index is -0.438. The largest absolute Gasteiger partial charge is 0.357 e. The smallest absolute Gasteiger partial charge is 0.227 e. The number of carbonyl (C=O) groups is 1. The molecule has 1 aliphatic rings. The van der Waals surface area contributed by atoms with Gasteiger partial charge in [0.05, 0.1) is 12.0 Å². The summed E-state index contributed by atoms with van der Waals surface area (Å²) in [6.45, 7) is 5.83. The van der Waals surface area contributed by atoms with Gasteiger partial charge in [0, 0.05) is 30.5 Å². The number of nitrogens with one attached hydrogen (secondary N) is 1. The first-order chi connectivity index (χ1) is 10.7. The molecule has 112 valence electrons. The molecule has 0 bridgehead atoms. The average Bonchev–Trinajstić information content (AvgIpc) is 2.54. The van der Waals surface area contributed by atoms with E-state index in [9.17, 15) is 10.1 Å². The number of fused-ring (bicyclic) bond motifs is 3. The Morgan fingerprint density at radius 3 is 2.64 bits per heavy atom. The molecule has 0 saturated heterocycles. The van der Waals surface area contributed by atoms with Gasteiger partial charge in [-0.25, -0.2) is 4.98 Å². The van der Waals surface area contributed by atoms with Crippen LogP contribution in [0, 0.1) is 11.3 Å². The molecule has 0 spiro atoms. The molecule has 1 amide bonds. The first-order valence-electron chi connectivity index (χ1n) is 7.56. The van der Waals surface area contributed by atoms with E-state index in [4.69, 9.17) is 0 Å². The summed E-state index contributed by atoms with van der Waals surface area (Å²) in [4.78, 5) is 18.7. The molecule has 1 aromatic carbocycles. The average molecular weight is 294 g/mol. The Kier molecular flexibility index (Phi) is 3.68. The first kappa shape index (κ1) is 14.3. The Hall–Kier alpha value is -2.61. The van der Waals surface area contributed by atoms with Crippen molar-refractivity contribution >= 4 is 28.3 Å². The highest BCUT2D eigenvalue weighted by atomic mass is 16.1. The summed E-state index contributed by atoms with van der Waals surface area (Å²) in [5.41, 5.74) is 0.841. The molecule has 0 radical (unpaired) electrons. The SMILES string of the molecule is CCN(CC)c1nc2c(c3ccccc13)C(C#N)CC(=O)N2. The van der Waals surface area contributed by atoms with Crippen LogP contribution in [0.2, 0.25) is 0 Å². The second-order valence-electron chi connectivity index (χ2n) is 5.35. The summed E-state index contributed by atoms with van der Waals surface area (Å²) in [5.74, 6) is 0.806. The van der Waals surface area contributed by atoms with Crippen molar-refractivity contribution in [3.63, 3.8) is 0 Å². The quantitative estimate of drug-likeness (QED) is 0.944. The van der Waals surface area contributed by atoms with Crippen molar-refractivity contribution in [2.45, 2.75) is 26.2 Å². The fourth-order valence-electron chi connectivity index (χ4n) is 3.06. The Bertz CT molecular complexity index is 774. The van der Waals surface area contributed by atoms with Crippen LogP contribution in [-0.2, 0) is 4.79 Å². The van der Waals surface area contributed by atoms with E-state index in [2.05, 4.69) is 35.1 Å². The van der Waals surface area contributed by atoms with Gasteiger partial charge in [-0.2, -0.15) is 5.26 Å². The Morgan fingerprint density at radius 2 is 2.00 bits per heavy atom. The van der Waals surface area contributed by atoms with Gasteiger partial charge < -0.3 is 10.2 Å². The fourth-order valence-corrected chi connectivity index (χ4v) is 3.06. The van der Waals surface area contributed by atoms with E-state index in [-0.39, 0.29) is 12.3 Å². The van der Waals surface area contributed by atoms with Crippen molar-refractivity contribution in [3.8, 4) is 6.07 Å². The van der Waals surface area contributed by atoms with Crippen molar-refractivity contribution in [1.29, 1.82) is 5.26 Å². The van der Waals surface area contributed by atoms with Gasteiger partial charge in [-0.05, 0) is 19.2 Å². The van der Waals surface area contributed by atoms with Crippen molar-refractivity contribution in [3.05, 3.63) is 29.8 Å². The standard InChI is InChI=1S/C17H18N4O/c1-3-21(4-2)17-13-8-6-5-7-12(13)15-11(10-18)9-14(22)19-16(15)20-17/h5-8,11H,3-4,9H2,1-2H3,(H,19,20,22). The number of pyridine rings is 1. The van der Waals surface area contributed by atoms with Gasteiger partial charge in [0.15, 0.2) is 0 Å². The molecule has 1 aromatic heterocycles. The molecule has 2 aromatic rings. The normalized spacial score (nSPS) is 16.8. The summed E-state index contributed by atoms with van der Waals surface area (Å²) >= 11 is 0. The molecule has 0 fully saturated rings. The molecule has 1 atom stereocenters. The molecule has 0 aliphatic carbocycles. The van der Waals surface area contributed by atoms with Crippen LogP contribution in [0.3, 0.4) is 0 Å². The van der Waals surface area contributed by atoms with E-state index in [0.717, 1.165) is 35.2 Å². The van der Waals surface area contributed by atoms with Gasteiger partial charge in [-0.15, -0.1) is 0 Å². The van der Waals surface area contributed by atoms with Crippen LogP contribution in [0.5, 0.6) is 0 Å². The van der Waals surface area contributed by atoms with Gasteiger partial charge in [0.25, 0.3) is 0 Å². The minimum Gasteiger partial charge on any atom is -0.357 e. The molecule has 1 aliphatic heterocycles. The summed E-state index contributed by atoms with van der Waals surface area (Å²) in [6, 6.07) is 10.2. The lowest BCUT2D eigenvalue weighted by Gasteiger charge is -2.27. The number of amides is 1. The van der Waals surface area contributed by atoms with Gasteiger partial charge >= 0.3 is 0 Å². The third kappa shape index (κ3) is 2.17. The highest BCUT2D eigenvalue weighted by Gasteiger charge is 2.29. The van der Waals surface area contributed by atoms with Gasteiger partial charge in [0.1, 0.15) is 11.6 Å². The van der Waals surface area contributed by atoms with E-state index in [1.165, 1.54) is 0 Å². The van der Waals surface area contributed by atoms with E-state index in [1.807, 2.05) is 24.3 Å². The summed E-state index contributed by atoms with van der Waals surface area (Å²) < 4.78 is 0. The van der Waals surface area contributed by atoms with Crippen molar-refractivity contribution in [2.75, 3.05) is 23.3 Å². The number of aromatic nitrogens is 1. The number of hydrogen-bond acceptors (Lipinski definition) is 4. The number of rotatable bonds is 3. The maximum Gasteiger partial charge on any atom is 0.227 e. The number of nitrogens with zero attached hydrogens (tertiary/aromatic N) is 3. The zero-order chi connectivity index (χ0) is 15.7. The van der Waals surface area contributed by atoms with Crippen LogP contribution in [0.1, 0.15) is 31.7 Å². The van der Waals surface area contributed by atoms with E-state index in [0.29, 0.717) is 5.82 Å². The predicted octanol–water partition coefficient (Wildman–Crippen LogP) is 3.03. The van der Waals surface area contributed by atoms with Crippen LogP contribution in [0.25, 0.3) is 10.8 Å². The summed E-state index contributed by atoms with van der Waals surface area (Å²) in [5, 5.41) is 14.3. The molecule has 2 heterocycles. The third-order valence-electron chi connectivity index (χ3n) is 4.15. The number of nitriles is 1. The maximum absolute atomic E-state index is 11.8. The summed E-state index contributed by atoms with van der Waals surface area (Å²) in [7, 11) is 0. The van der Waals surface area contributed by atoms with Crippen LogP contribution < -0.4 is 10.2 Å². The van der Waals surface area contributed by atoms with Crippen LogP contribution in [-0.4, -0.2) is 24.0 Å². The molecule has 3 rings (SSSR count). The lowest BCUT2D eigenvalue weighted by atomic mass is 9.89. The van der Waals surface area contributed by atoms with E-state index >= 15 is 0 Å². The first-order valence-corrected chi connectivity index (χ1v) is 7.56. The van der Waals surface area contributed by atoms with E-state index in [1.54, 1.807) is 0 Å². The Morgan fingerprint density at radius 1 is 1.32 bits per heavy atom. The minimum absolute atomic E-state index is 0.146. The van der Waals surface area contributed by atoms with Crippen molar-refractivity contribution in [1.82, 2.24) is 4.98 Å². The Balaban J connectivity index is 2.33. The monoisotopic (exact) mass is 294 g/mol.